The van der Waals surface area contributed by atoms with Gasteiger partial charge in [-0.1, -0.05) is 15.9 Å². The Labute approximate surface area is 118 Å². The molecule has 0 aliphatic rings. The van der Waals surface area contributed by atoms with Gasteiger partial charge in [0, 0.05) is 22.9 Å². The highest BCUT2D eigenvalue weighted by Gasteiger charge is 2.17. The molecule has 0 saturated heterocycles. The van der Waals surface area contributed by atoms with Crippen LogP contribution in [0.15, 0.2) is 39.5 Å². The number of nitro groups is 1. The summed E-state index contributed by atoms with van der Waals surface area (Å²) in [6.45, 7) is 0. The Balaban J connectivity index is 2.34. The van der Waals surface area contributed by atoms with Crippen LogP contribution >= 0.6 is 31.9 Å². The molecule has 0 aliphatic heterocycles. The Morgan fingerprint density at radius 3 is 2.44 bits per heavy atom. The van der Waals surface area contributed by atoms with Crippen LogP contribution in [0.25, 0.3) is 0 Å². The van der Waals surface area contributed by atoms with Crippen LogP contribution in [0, 0.1) is 10.1 Å². The summed E-state index contributed by atoms with van der Waals surface area (Å²) >= 11 is 6.35. The summed E-state index contributed by atoms with van der Waals surface area (Å²) in [6.07, 6.45) is 2.99. The van der Waals surface area contributed by atoms with Gasteiger partial charge in [-0.15, -0.1) is 0 Å². The summed E-state index contributed by atoms with van der Waals surface area (Å²) in [5.41, 5.74) is -0.157. The maximum atomic E-state index is 10.9. The first kappa shape index (κ1) is 12.9. The first-order valence-electron chi connectivity index (χ1n) is 4.65. The number of benzene rings is 1. The van der Waals surface area contributed by atoms with Crippen LogP contribution in [0.5, 0.6) is 11.8 Å². The molecule has 0 amide bonds. The zero-order valence-electron chi connectivity index (χ0n) is 8.71. The molecule has 1 aromatic heterocycles. The second-order valence-corrected chi connectivity index (χ2v) is 4.99. The van der Waals surface area contributed by atoms with Crippen molar-refractivity contribution in [2.75, 3.05) is 0 Å². The van der Waals surface area contributed by atoms with Crippen LogP contribution in [0.2, 0.25) is 0 Å². The van der Waals surface area contributed by atoms with E-state index < -0.39 is 4.92 Å². The summed E-state index contributed by atoms with van der Waals surface area (Å²) in [4.78, 5) is 18.1. The lowest BCUT2D eigenvalue weighted by molar-refractivity contribution is -0.385. The fraction of sp³-hybridized carbons (Fsp3) is 0. The van der Waals surface area contributed by atoms with E-state index >= 15 is 0 Å². The highest BCUT2D eigenvalue weighted by Crippen LogP contribution is 2.32. The lowest BCUT2D eigenvalue weighted by Crippen LogP contribution is -1.96. The van der Waals surface area contributed by atoms with Crippen molar-refractivity contribution in [1.29, 1.82) is 0 Å². The summed E-state index contributed by atoms with van der Waals surface area (Å²) < 4.78 is 6.57. The van der Waals surface area contributed by atoms with Crippen molar-refractivity contribution in [2.24, 2.45) is 0 Å². The number of nitro benzene ring substituents is 1. The number of halogens is 2. The molecule has 1 aromatic carbocycles. The van der Waals surface area contributed by atoms with E-state index in [1.165, 1.54) is 24.5 Å². The van der Waals surface area contributed by atoms with Gasteiger partial charge < -0.3 is 4.74 Å². The SMILES string of the molecule is O=[N+]([O-])c1cc(Br)ccc1Oc1ncc(Br)cn1. The topological polar surface area (TPSA) is 78.2 Å². The van der Waals surface area contributed by atoms with Crippen LogP contribution in [-0.4, -0.2) is 14.9 Å². The summed E-state index contributed by atoms with van der Waals surface area (Å²) in [7, 11) is 0. The molecular weight excluding hydrogens is 370 g/mol. The zero-order valence-corrected chi connectivity index (χ0v) is 11.9. The largest absolute Gasteiger partial charge is 0.417 e. The first-order chi connectivity index (χ1) is 8.56. The van der Waals surface area contributed by atoms with E-state index in [4.69, 9.17) is 4.74 Å². The average Bonchev–Trinajstić information content (AvgIpc) is 2.34. The number of ether oxygens (including phenoxy) is 1. The molecule has 0 aliphatic carbocycles. The van der Waals surface area contributed by atoms with Gasteiger partial charge in [-0.3, -0.25) is 10.1 Å². The fourth-order valence-electron chi connectivity index (χ4n) is 1.17. The molecule has 2 aromatic rings. The molecule has 18 heavy (non-hydrogen) atoms. The minimum Gasteiger partial charge on any atom is -0.417 e. The lowest BCUT2D eigenvalue weighted by atomic mass is 10.3. The molecule has 1 heterocycles. The van der Waals surface area contributed by atoms with E-state index in [0.29, 0.717) is 8.95 Å². The smallest absolute Gasteiger partial charge is 0.322 e. The summed E-state index contributed by atoms with van der Waals surface area (Å²) in [6, 6.07) is 4.52. The minimum atomic E-state index is -0.529. The van der Waals surface area contributed by atoms with E-state index in [0.717, 1.165) is 0 Å². The Kier molecular flexibility index (Phi) is 3.87. The van der Waals surface area contributed by atoms with Gasteiger partial charge in [0.05, 0.1) is 9.40 Å². The molecule has 0 fully saturated rings. The second-order valence-electron chi connectivity index (χ2n) is 3.16. The van der Waals surface area contributed by atoms with Gasteiger partial charge in [0.15, 0.2) is 0 Å². The van der Waals surface area contributed by atoms with Crippen molar-refractivity contribution in [2.45, 2.75) is 0 Å². The number of hydrogen-bond donors (Lipinski definition) is 0. The summed E-state index contributed by atoms with van der Waals surface area (Å²) in [5, 5.41) is 10.9. The van der Waals surface area contributed by atoms with Crippen LogP contribution in [0.3, 0.4) is 0 Å². The van der Waals surface area contributed by atoms with Crippen molar-refractivity contribution < 1.29 is 9.66 Å². The van der Waals surface area contributed by atoms with Gasteiger partial charge in [-0.25, -0.2) is 9.97 Å². The third-order valence-corrected chi connectivity index (χ3v) is 2.82. The summed E-state index contributed by atoms with van der Waals surface area (Å²) in [5.74, 6) is 0.0884. The van der Waals surface area contributed by atoms with Crippen molar-refractivity contribution >= 4 is 37.5 Å². The van der Waals surface area contributed by atoms with Gasteiger partial charge in [-0.2, -0.15) is 0 Å². The van der Waals surface area contributed by atoms with E-state index in [9.17, 15) is 10.1 Å². The second kappa shape index (κ2) is 5.40. The monoisotopic (exact) mass is 373 g/mol. The molecule has 0 atom stereocenters. The third-order valence-electron chi connectivity index (χ3n) is 1.92. The lowest BCUT2D eigenvalue weighted by Gasteiger charge is -2.04. The van der Waals surface area contributed by atoms with Gasteiger partial charge in [-0.05, 0) is 28.1 Å². The molecule has 8 heteroatoms. The highest BCUT2D eigenvalue weighted by molar-refractivity contribution is 9.10. The number of hydrogen-bond acceptors (Lipinski definition) is 5. The van der Waals surface area contributed by atoms with E-state index in [-0.39, 0.29) is 17.4 Å². The minimum absolute atomic E-state index is 0.0450. The predicted molar refractivity (Wildman–Crippen MR) is 70.6 cm³/mol. The van der Waals surface area contributed by atoms with Crippen molar-refractivity contribution in [3.8, 4) is 11.8 Å². The van der Waals surface area contributed by atoms with Gasteiger partial charge >= 0.3 is 11.7 Å². The molecule has 0 radical (unpaired) electrons. The number of nitrogens with zero attached hydrogens (tertiary/aromatic N) is 3. The van der Waals surface area contributed by atoms with Crippen molar-refractivity contribution in [1.82, 2.24) is 9.97 Å². The van der Waals surface area contributed by atoms with Gasteiger partial charge in [0.2, 0.25) is 5.75 Å². The Bertz CT molecular complexity index is 589. The van der Waals surface area contributed by atoms with Crippen molar-refractivity contribution in [3.63, 3.8) is 0 Å². The number of aromatic nitrogens is 2. The van der Waals surface area contributed by atoms with Crippen LogP contribution in [-0.2, 0) is 0 Å². The first-order valence-corrected chi connectivity index (χ1v) is 6.24. The molecule has 0 unspecified atom stereocenters. The van der Waals surface area contributed by atoms with Crippen LogP contribution in [0.4, 0.5) is 5.69 Å². The predicted octanol–water partition coefficient (Wildman–Crippen LogP) is 3.70. The molecule has 6 nitrogen and oxygen atoms in total. The quantitative estimate of drug-likeness (QED) is 0.604. The standard InChI is InChI=1S/C10H5Br2N3O3/c11-6-1-2-9(8(3-6)15(16)17)18-10-13-4-7(12)5-14-10/h1-5H. The van der Waals surface area contributed by atoms with E-state index in [1.54, 1.807) is 6.07 Å². The Morgan fingerprint density at radius 2 is 1.83 bits per heavy atom. The number of rotatable bonds is 3. The average molecular weight is 375 g/mol. The maximum absolute atomic E-state index is 10.9. The molecule has 0 saturated carbocycles. The van der Waals surface area contributed by atoms with E-state index in [2.05, 4.69) is 41.8 Å². The van der Waals surface area contributed by atoms with Crippen LogP contribution in [0.1, 0.15) is 0 Å². The van der Waals surface area contributed by atoms with Crippen LogP contribution < -0.4 is 4.74 Å². The van der Waals surface area contributed by atoms with Gasteiger partial charge in [0.1, 0.15) is 0 Å². The molecular formula is C10H5Br2N3O3. The highest BCUT2D eigenvalue weighted by atomic mass is 79.9. The van der Waals surface area contributed by atoms with Crippen molar-refractivity contribution in [3.05, 3.63) is 49.7 Å². The zero-order chi connectivity index (χ0) is 13.1. The molecule has 92 valence electrons. The molecule has 0 spiro atoms. The Hall–Kier alpha value is -1.54. The Morgan fingerprint density at radius 1 is 1.17 bits per heavy atom. The third kappa shape index (κ3) is 3.02. The maximum Gasteiger partial charge on any atom is 0.322 e. The van der Waals surface area contributed by atoms with E-state index in [1.807, 2.05) is 0 Å². The normalized spacial score (nSPS) is 10.1. The molecule has 0 bridgehead atoms. The fourth-order valence-corrected chi connectivity index (χ4v) is 1.72. The molecule has 2 rings (SSSR count). The molecule has 0 N–H and O–H groups in total. The van der Waals surface area contributed by atoms with Gasteiger partial charge in [0.25, 0.3) is 0 Å².